The first-order valence-corrected chi connectivity index (χ1v) is 6.05. The molecule has 2 rings (SSSR count). The summed E-state index contributed by atoms with van der Waals surface area (Å²) in [6, 6.07) is 20.1. The van der Waals surface area contributed by atoms with E-state index in [1.807, 2.05) is 68.4 Å². The van der Waals surface area contributed by atoms with Crippen molar-refractivity contribution in [1.82, 2.24) is 0 Å². The zero-order chi connectivity index (χ0) is 13.4. The van der Waals surface area contributed by atoms with E-state index in [4.69, 9.17) is 11.5 Å². The van der Waals surface area contributed by atoms with Gasteiger partial charge in [-0.25, -0.2) is 0 Å². The summed E-state index contributed by atoms with van der Waals surface area (Å²) in [4.78, 5) is 0. The zero-order valence-electron chi connectivity index (χ0n) is 11.5. The Balaban J connectivity index is 0. The third-order valence-corrected chi connectivity index (χ3v) is 2.50. The van der Waals surface area contributed by atoms with Gasteiger partial charge in [-0.15, -0.1) is 12.1 Å². The summed E-state index contributed by atoms with van der Waals surface area (Å²) < 4.78 is 0. The van der Waals surface area contributed by atoms with E-state index >= 15 is 0 Å². The Labute approximate surface area is 153 Å². The van der Waals surface area contributed by atoms with Gasteiger partial charge in [-0.3, -0.25) is 0 Å². The number of rotatable bonds is 2. The first-order chi connectivity index (χ1) is 8.61. The van der Waals surface area contributed by atoms with Crippen LogP contribution in [0, 0.1) is 6.07 Å². The van der Waals surface area contributed by atoms with Gasteiger partial charge in [-0.2, -0.15) is 35.9 Å². The molecule has 0 fully saturated rings. The van der Waals surface area contributed by atoms with E-state index in [1.54, 1.807) is 0 Å². The zero-order valence-corrected chi connectivity index (χ0v) is 16.0. The Hall–Kier alpha value is -0.222. The van der Waals surface area contributed by atoms with Crippen LogP contribution in [-0.4, -0.2) is 0 Å². The molecule has 0 saturated heterocycles. The van der Waals surface area contributed by atoms with Crippen LogP contribution in [0.15, 0.2) is 54.6 Å². The van der Waals surface area contributed by atoms with Crippen LogP contribution in [0.1, 0.15) is 37.1 Å². The fourth-order valence-electron chi connectivity index (χ4n) is 1.42. The number of halogens is 1. The van der Waals surface area contributed by atoms with E-state index in [0.717, 1.165) is 11.1 Å². The Morgan fingerprint density at radius 2 is 1.40 bits per heavy atom. The summed E-state index contributed by atoms with van der Waals surface area (Å²) in [5, 5.41) is 0. The summed E-state index contributed by atoms with van der Waals surface area (Å²) in [6.07, 6.45) is 0. The Morgan fingerprint density at radius 1 is 0.850 bits per heavy atom. The maximum Gasteiger partial charge on any atom is 4.00 e. The van der Waals surface area contributed by atoms with Crippen molar-refractivity contribution in [3.63, 3.8) is 0 Å². The van der Waals surface area contributed by atoms with E-state index < -0.39 is 0 Å². The molecule has 4 heteroatoms. The largest absolute Gasteiger partial charge is 4.00 e. The van der Waals surface area contributed by atoms with Crippen molar-refractivity contribution in [2.45, 2.75) is 25.9 Å². The minimum absolute atomic E-state index is 0. The van der Waals surface area contributed by atoms with Gasteiger partial charge in [-0.1, -0.05) is 49.7 Å². The van der Waals surface area contributed by atoms with Gasteiger partial charge in [0.1, 0.15) is 0 Å². The van der Waals surface area contributed by atoms with Gasteiger partial charge in [0.25, 0.3) is 0 Å². The van der Waals surface area contributed by atoms with Gasteiger partial charge in [0.15, 0.2) is 0 Å². The van der Waals surface area contributed by atoms with Crippen molar-refractivity contribution in [3.05, 3.63) is 83.3 Å². The predicted octanol–water partition coefficient (Wildman–Crippen LogP) is 2.40. The summed E-state index contributed by atoms with van der Waals surface area (Å²) in [6.45, 7) is 3.71. The quantitative estimate of drug-likeness (QED) is 0.400. The van der Waals surface area contributed by atoms with Crippen LogP contribution in [0.25, 0.3) is 11.5 Å². The second-order valence-corrected chi connectivity index (χ2v) is 4.17. The van der Waals surface area contributed by atoms with Crippen molar-refractivity contribution in [3.8, 4) is 0 Å². The molecule has 2 nitrogen and oxygen atoms in total. The first kappa shape index (κ1) is 22.1. The molecule has 0 unspecified atom stereocenters. The second kappa shape index (κ2) is 12.5. The van der Waals surface area contributed by atoms with Crippen LogP contribution in [-0.2, 0) is 21.1 Å². The van der Waals surface area contributed by atoms with Gasteiger partial charge >= 0.3 is 21.1 Å². The molecule has 0 saturated carbocycles. The molecule has 2 atom stereocenters. The van der Waals surface area contributed by atoms with Crippen LogP contribution in [0.5, 0.6) is 0 Å². The fraction of sp³-hybridized carbons (Fsp3) is 0.250. The molecule has 0 heterocycles. The molecule has 0 aliphatic rings. The molecule has 0 aliphatic heterocycles. The molecule has 2 aromatic rings. The SMILES string of the molecule is C[C@@H]([NH-])c1ccccc1.C[C@H]([NH-])c1[c-]cccc1.[I-].[Pt+4]. The molecule has 0 radical (unpaired) electrons. The number of benzene rings is 2. The normalized spacial score (nSPS) is 11.8. The van der Waals surface area contributed by atoms with E-state index in [0.29, 0.717) is 0 Å². The van der Waals surface area contributed by atoms with Crippen LogP contribution in [0.2, 0.25) is 0 Å². The third kappa shape index (κ3) is 8.85. The van der Waals surface area contributed by atoms with Crippen LogP contribution in [0.3, 0.4) is 0 Å². The Kier molecular flexibility index (Phi) is 13.8. The van der Waals surface area contributed by atoms with Crippen molar-refractivity contribution in [2.75, 3.05) is 0 Å². The summed E-state index contributed by atoms with van der Waals surface area (Å²) >= 11 is 0. The third-order valence-electron chi connectivity index (χ3n) is 2.50. The molecular formula is C16H19IN2Pt. The molecular weight excluding hydrogens is 542 g/mol. The topological polar surface area (TPSA) is 47.6 Å². The Morgan fingerprint density at radius 3 is 1.70 bits per heavy atom. The standard InChI is InChI=1S/C8H10N.C8H9N.HI.Pt/c2*1-7(9)8-5-3-2-4-6-8;;/h2-7,9H,1H3;2-5,7,9H,1H3;1H;/q-1;-2;;+4/p-1/t2*7-;;/m10../s1. The van der Waals surface area contributed by atoms with Crippen LogP contribution >= 0.6 is 0 Å². The first-order valence-electron chi connectivity index (χ1n) is 6.05. The maximum atomic E-state index is 7.32. The minimum atomic E-state index is -0.147. The van der Waals surface area contributed by atoms with Gasteiger partial charge in [-0.05, 0) is 0 Å². The number of hydrogen-bond donors (Lipinski definition) is 0. The van der Waals surface area contributed by atoms with Crippen molar-refractivity contribution >= 4 is 0 Å². The summed E-state index contributed by atoms with van der Waals surface area (Å²) in [5.74, 6) is 0. The molecule has 2 N–H and O–H groups in total. The molecule has 0 amide bonds. The average Bonchev–Trinajstić information content (AvgIpc) is 2.41. The van der Waals surface area contributed by atoms with E-state index in [-0.39, 0.29) is 57.1 Å². The molecule has 20 heavy (non-hydrogen) atoms. The van der Waals surface area contributed by atoms with Crippen LogP contribution < -0.4 is 24.0 Å². The van der Waals surface area contributed by atoms with Gasteiger partial charge in [0.05, 0.1) is 0 Å². The van der Waals surface area contributed by atoms with E-state index in [1.165, 1.54) is 0 Å². The van der Waals surface area contributed by atoms with E-state index in [2.05, 4.69) is 6.07 Å². The Bertz CT molecular complexity index is 389. The summed E-state index contributed by atoms with van der Waals surface area (Å²) in [7, 11) is 0. The maximum absolute atomic E-state index is 7.32. The second-order valence-electron chi connectivity index (χ2n) is 4.17. The molecule has 110 valence electrons. The molecule has 0 bridgehead atoms. The molecule has 0 aliphatic carbocycles. The van der Waals surface area contributed by atoms with Gasteiger partial charge in [0, 0.05) is 0 Å². The molecule has 0 aromatic heterocycles. The van der Waals surface area contributed by atoms with Crippen LogP contribution in [0.4, 0.5) is 0 Å². The average molecular weight is 561 g/mol. The van der Waals surface area contributed by atoms with E-state index in [9.17, 15) is 0 Å². The number of nitrogens with one attached hydrogen (secondary N) is 2. The monoisotopic (exact) mass is 561 g/mol. The summed E-state index contributed by atoms with van der Waals surface area (Å²) in [5.41, 5.74) is 16.6. The predicted molar refractivity (Wildman–Crippen MR) is 77.2 cm³/mol. The minimum Gasteiger partial charge on any atom is -1.00 e. The molecule has 0 spiro atoms. The fourth-order valence-corrected chi connectivity index (χ4v) is 1.42. The van der Waals surface area contributed by atoms with Crippen molar-refractivity contribution in [2.24, 2.45) is 0 Å². The number of hydrogen-bond acceptors (Lipinski definition) is 0. The van der Waals surface area contributed by atoms with Gasteiger partial charge in [0.2, 0.25) is 0 Å². The molecule has 2 aromatic carbocycles. The van der Waals surface area contributed by atoms with Gasteiger partial charge < -0.3 is 35.4 Å². The van der Waals surface area contributed by atoms with Crippen molar-refractivity contribution in [1.29, 1.82) is 0 Å². The smallest absolute Gasteiger partial charge is 1.00 e. The van der Waals surface area contributed by atoms with Crippen molar-refractivity contribution < 1.29 is 45.0 Å².